The lowest BCUT2D eigenvalue weighted by Gasteiger charge is -2.33. The van der Waals surface area contributed by atoms with Crippen LogP contribution in [0.1, 0.15) is 17.2 Å². The topological polar surface area (TPSA) is 58.3 Å². The normalized spacial score (nSPS) is 21.0. The number of nitrogens with zero attached hydrogens (tertiary/aromatic N) is 1. The van der Waals surface area contributed by atoms with Crippen LogP contribution in [0.2, 0.25) is 0 Å². The Bertz CT molecular complexity index is 887. The van der Waals surface area contributed by atoms with Gasteiger partial charge in [-0.25, -0.2) is 13.1 Å². The predicted octanol–water partition coefficient (Wildman–Crippen LogP) is -0.506. The van der Waals surface area contributed by atoms with Crippen LogP contribution in [-0.4, -0.2) is 62.3 Å². The van der Waals surface area contributed by atoms with Gasteiger partial charge in [-0.1, -0.05) is 29.8 Å². The molecule has 0 spiro atoms. The van der Waals surface area contributed by atoms with Crippen molar-refractivity contribution in [3.05, 3.63) is 59.7 Å². The Morgan fingerprint density at radius 1 is 0.966 bits per heavy atom. The molecule has 1 saturated heterocycles. The largest absolute Gasteiger partial charge is 0.378 e. The Kier molecular flexibility index (Phi) is 6.95. The van der Waals surface area contributed by atoms with Crippen molar-refractivity contribution in [2.45, 2.75) is 17.9 Å². The molecule has 0 unspecified atom stereocenters. The average Bonchev–Trinajstić information content (AvgIpc) is 2.70. The molecular formula is C22H34N4O2S+2. The molecule has 6 nitrogen and oxygen atoms in total. The van der Waals surface area contributed by atoms with Gasteiger partial charge in [0.1, 0.15) is 32.2 Å². The molecule has 0 bridgehead atoms. The number of piperazine rings is 1. The van der Waals surface area contributed by atoms with E-state index in [0.717, 1.165) is 37.4 Å². The molecule has 1 aliphatic heterocycles. The minimum atomic E-state index is -3.53. The first-order valence-electron chi connectivity index (χ1n) is 10.3. The minimum absolute atomic E-state index is 0.0968. The summed E-state index contributed by atoms with van der Waals surface area (Å²) in [5, 5.41) is 0. The fourth-order valence-electron chi connectivity index (χ4n) is 3.84. The standard InChI is InChI=1S/C22H32N4O2S/c1-18-5-11-21(12-6-18)29(27,28)23-17-22(26-15-13-25(4)14-16-26)19-7-9-20(10-8-19)24(2)3/h5-12,22-23H,13-17H2,1-4H3/p+2/t22-/m0/s1. The van der Waals surface area contributed by atoms with Crippen LogP contribution in [0.15, 0.2) is 53.4 Å². The van der Waals surface area contributed by atoms with Crippen molar-refractivity contribution in [3.8, 4) is 0 Å². The Hall–Kier alpha value is -1.93. The maximum atomic E-state index is 12.8. The molecule has 0 aliphatic carbocycles. The van der Waals surface area contributed by atoms with Gasteiger partial charge in [-0.3, -0.25) is 0 Å². The van der Waals surface area contributed by atoms with E-state index in [-0.39, 0.29) is 6.04 Å². The van der Waals surface area contributed by atoms with E-state index in [9.17, 15) is 8.42 Å². The maximum Gasteiger partial charge on any atom is 0.240 e. The van der Waals surface area contributed by atoms with Gasteiger partial charge in [0.15, 0.2) is 0 Å². The van der Waals surface area contributed by atoms with E-state index in [1.807, 2.05) is 33.2 Å². The third-order valence-corrected chi connectivity index (χ3v) is 7.30. The molecule has 2 aromatic rings. The van der Waals surface area contributed by atoms with Gasteiger partial charge in [0, 0.05) is 25.3 Å². The molecule has 1 heterocycles. The second-order valence-corrected chi connectivity index (χ2v) is 10.1. The van der Waals surface area contributed by atoms with Gasteiger partial charge in [0.25, 0.3) is 0 Å². The van der Waals surface area contributed by atoms with Crippen molar-refractivity contribution >= 4 is 15.7 Å². The zero-order valence-corrected chi connectivity index (χ0v) is 18.7. The molecule has 1 atom stereocenters. The molecule has 0 aromatic heterocycles. The van der Waals surface area contributed by atoms with E-state index in [1.54, 1.807) is 12.1 Å². The number of hydrogen-bond acceptors (Lipinski definition) is 3. The molecule has 158 valence electrons. The van der Waals surface area contributed by atoms with Gasteiger partial charge in [-0.2, -0.15) is 0 Å². The van der Waals surface area contributed by atoms with Gasteiger partial charge in [0.05, 0.1) is 18.5 Å². The molecule has 0 amide bonds. The number of aryl methyl sites for hydroxylation is 1. The van der Waals surface area contributed by atoms with Crippen LogP contribution in [0.5, 0.6) is 0 Å². The number of rotatable bonds is 7. The van der Waals surface area contributed by atoms with Crippen LogP contribution in [0.3, 0.4) is 0 Å². The van der Waals surface area contributed by atoms with Crippen molar-refractivity contribution in [2.75, 3.05) is 58.8 Å². The summed E-state index contributed by atoms with van der Waals surface area (Å²) >= 11 is 0. The Morgan fingerprint density at radius 2 is 1.55 bits per heavy atom. The van der Waals surface area contributed by atoms with E-state index >= 15 is 0 Å². The third-order valence-electron chi connectivity index (χ3n) is 5.86. The summed E-state index contributed by atoms with van der Waals surface area (Å²) in [4.78, 5) is 5.38. The van der Waals surface area contributed by atoms with E-state index in [2.05, 4.69) is 40.9 Å². The lowest BCUT2D eigenvalue weighted by Crippen LogP contribution is -3.27. The highest BCUT2D eigenvalue weighted by Crippen LogP contribution is 2.17. The van der Waals surface area contributed by atoms with Crippen LogP contribution >= 0.6 is 0 Å². The molecule has 3 N–H and O–H groups in total. The molecule has 2 aromatic carbocycles. The number of sulfonamides is 1. The zero-order valence-electron chi connectivity index (χ0n) is 17.9. The quantitative estimate of drug-likeness (QED) is 0.568. The highest BCUT2D eigenvalue weighted by Gasteiger charge is 2.30. The predicted molar refractivity (Wildman–Crippen MR) is 117 cm³/mol. The van der Waals surface area contributed by atoms with E-state index in [4.69, 9.17) is 0 Å². The van der Waals surface area contributed by atoms with Gasteiger partial charge in [-0.05, 0) is 31.2 Å². The molecule has 0 saturated carbocycles. The molecule has 29 heavy (non-hydrogen) atoms. The number of likely N-dealkylation sites (N-methyl/N-ethyl adjacent to an activating group) is 1. The van der Waals surface area contributed by atoms with E-state index in [0.29, 0.717) is 11.4 Å². The summed E-state index contributed by atoms with van der Waals surface area (Å²) in [5.41, 5.74) is 3.37. The van der Waals surface area contributed by atoms with Crippen LogP contribution in [0.4, 0.5) is 5.69 Å². The van der Waals surface area contributed by atoms with Gasteiger partial charge in [-0.15, -0.1) is 0 Å². The number of benzene rings is 2. The van der Waals surface area contributed by atoms with Crippen LogP contribution < -0.4 is 19.4 Å². The first kappa shape index (κ1) is 21.8. The molecule has 7 heteroatoms. The highest BCUT2D eigenvalue weighted by molar-refractivity contribution is 7.89. The lowest BCUT2D eigenvalue weighted by atomic mass is 10.0. The third kappa shape index (κ3) is 5.57. The molecule has 3 rings (SSSR count). The van der Waals surface area contributed by atoms with Gasteiger partial charge < -0.3 is 14.7 Å². The number of anilines is 1. The zero-order chi connectivity index (χ0) is 21.0. The summed E-state index contributed by atoms with van der Waals surface area (Å²) in [6.45, 7) is 6.64. The van der Waals surface area contributed by atoms with Crippen molar-refractivity contribution in [3.63, 3.8) is 0 Å². The summed E-state index contributed by atoms with van der Waals surface area (Å²) in [6.07, 6.45) is 0. The Morgan fingerprint density at radius 3 is 2.10 bits per heavy atom. The second-order valence-electron chi connectivity index (χ2n) is 8.32. The summed E-state index contributed by atoms with van der Waals surface area (Å²) < 4.78 is 28.5. The fraction of sp³-hybridized carbons (Fsp3) is 0.455. The first-order valence-corrected chi connectivity index (χ1v) is 11.7. The smallest absolute Gasteiger partial charge is 0.240 e. The van der Waals surface area contributed by atoms with Crippen molar-refractivity contribution in [1.29, 1.82) is 0 Å². The van der Waals surface area contributed by atoms with Gasteiger partial charge in [0.2, 0.25) is 10.0 Å². The maximum absolute atomic E-state index is 12.8. The van der Waals surface area contributed by atoms with Crippen LogP contribution in [0.25, 0.3) is 0 Å². The van der Waals surface area contributed by atoms with Crippen molar-refractivity contribution < 1.29 is 18.2 Å². The molecule has 1 aliphatic rings. The minimum Gasteiger partial charge on any atom is -0.378 e. The average molecular weight is 419 g/mol. The lowest BCUT2D eigenvalue weighted by molar-refractivity contribution is -1.02. The number of quaternary nitrogens is 2. The summed E-state index contributed by atoms with van der Waals surface area (Å²) in [6, 6.07) is 15.6. The first-order chi connectivity index (χ1) is 13.8. The van der Waals surface area contributed by atoms with E-state index in [1.165, 1.54) is 15.4 Å². The van der Waals surface area contributed by atoms with Crippen LogP contribution in [0, 0.1) is 6.92 Å². The van der Waals surface area contributed by atoms with E-state index < -0.39 is 10.0 Å². The van der Waals surface area contributed by atoms with Crippen LogP contribution in [-0.2, 0) is 10.0 Å². The number of hydrogen-bond donors (Lipinski definition) is 3. The Labute approximate surface area is 175 Å². The van der Waals surface area contributed by atoms with Crippen molar-refractivity contribution in [1.82, 2.24) is 4.72 Å². The molecular weight excluding hydrogens is 384 g/mol. The molecule has 0 radical (unpaired) electrons. The molecule has 1 fully saturated rings. The fourth-order valence-corrected chi connectivity index (χ4v) is 4.89. The Balaban J connectivity index is 1.80. The number of nitrogens with one attached hydrogen (secondary N) is 3. The van der Waals surface area contributed by atoms with Crippen molar-refractivity contribution in [2.24, 2.45) is 0 Å². The summed E-state index contributed by atoms with van der Waals surface area (Å²) in [7, 11) is 2.74. The SMILES string of the molecule is Cc1ccc(S(=O)(=O)NC[C@@H](c2ccc(N(C)C)cc2)[NH+]2CC[NH+](C)CC2)cc1. The summed E-state index contributed by atoms with van der Waals surface area (Å²) in [5.74, 6) is 0. The monoisotopic (exact) mass is 418 g/mol. The second kappa shape index (κ2) is 9.26. The highest BCUT2D eigenvalue weighted by atomic mass is 32.2. The van der Waals surface area contributed by atoms with Gasteiger partial charge >= 0.3 is 0 Å².